The van der Waals surface area contributed by atoms with E-state index in [1.165, 1.54) is 0 Å². The maximum atomic E-state index is 11.9. The fourth-order valence-electron chi connectivity index (χ4n) is 1.56. The molecule has 18 heavy (non-hydrogen) atoms. The van der Waals surface area contributed by atoms with Gasteiger partial charge in [-0.25, -0.2) is 0 Å². The Morgan fingerprint density at radius 3 is 2.17 bits per heavy atom. The van der Waals surface area contributed by atoms with E-state index in [-0.39, 0.29) is 5.91 Å². The van der Waals surface area contributed by atoms with Crippen molar-refractivity contribution < 1.29 is 4.79 Å². The summed E-state index contributed by atoms with van der Waals surface area (Å²) in [5, 5.41) is 2.90. The third-order valence-electron chi connectivity index (χ3n) is 2.52. The molecule has 0 aliphatic rings. The molecule has 2 rings (SSSR count). The van der Waals surface area contributed by atoms with Crippen LogP contribution in [0.25, 0.3) is 0 Å². The van der Waals surface area contributed by atoms with Gasteiger partial charge in [-0.3, -0.25) is 4.79 Å². The van der Waals surface area contributed by atoms with Crippen LogP contribution < -0.4 is 5.32 Å². The number of halogens is 2. The summed E-state index contributed by atoms with van der Waals surface area (Å²) in [5.74, 6) is -0.0711. The molecule has 0 radical (unpaired) electrons. The lowest BCUT2D eigenvalue weighted by Gasteiger charge is -2.09. The summed E-state index contributed by atoms with van der Waals surface area (Å²) < 4.78 is 1.95. The van der Waals surface area contributed by atoms with Crippen molar-refractivity contribution in [1.82, 2.24) is 5.32 Å². The van der Waals surface area contributed by atoms with Crippen molar-refractivity contribution in [2.24, 2.45) is 0 Å². The van der Waals surface area contributed by atoms with E-state index in [4.69, 9.17) is 0 Å². The second-order valence-electron chi connectivity index (χ2n) is 3.75. The highest BCUT2D eigenvalue weighted by Crippen LogP contribution is 2.24. The molecule has 0 saturated carbocycles. The van der Waals surface area contributed by atoms with Crippen molar-refractivity contribution in [3.63, 3.8) is 0 Å². The number of nitrogens with one attached hydrogen (secondary N) is 1. The number of benzene rings is 2. The fraction of sp³-hybridized carbons (Fsp3) is 0.0714. The molecule has 0 spiro atoms. The number of hydrogen-bond acceptors (Lipinski definition) is 1. The summed E-state index contributed by atoms with van der Waals surface area (Å²) in [6.07, 6.45) is 0. The monoisotopic (exact) mass is 367 g/mol. The van der Waals surface area contributed by atoms with Gasteiger partial charge in [0.25, 0.3) is 5.91 Å². The van der Waals surface area contributed by atoms with Crippen molar-refractivity contribution in [2.75, 3.05) is 0 Å². The Hall–Kier alpha value is -1.13. The highest BCUT2D eigenvalue weighted by atomic mass is 79.9. The Balaban J connectivity index is 2.07. The minimum absolute atomic E-state index is 0.0711. The molecule has 4 heteroatoms. The molecule has 0 saturated heterocycles. The van der Waals surface area contributed by atoms with Crippen LogP contribution >= 0.6 is 31.9 Å². The molecular weight excluding hydrogens is 358 g/mol. The summed E-state index contributed by atoms with van der Waals surface area (Å²) in [4.78, 5) is 11.9. The third-order valence-corrected chi connectivity index (χ3v) is 4.01. The summed E-state index contributed by atoms with van der Waals surface area (Å²) >= 11 is 6.94. The number of carbonyl (C=O) groups excluding carboxylic acids is 1. The maximum Gasteiger partial charge on any atom is 0.251 e. The van der Waals surface area contributed by atoms with Gasteiger partial charge in [-0.15, -0.1) is 0 Å². The average molecular weight is 369 g/mol. The molecular formula is C14H11Br2NO. The zero-order valence-corrected chi connectivity index (χ0v) is 12.7. The Morgan fingerprint density at radius 2 is 1.56 bits per heavy atom. The number of rotatable bonds is 3. The second-order valence-corrected chi connectivity index (χ2v) is 5.46. The Labute approximate surface area is 123 Å². The van der Waals surface area contributed by atoms with Crippen LogP contribution in [0.15, 0.2) is 57.5 Å². The molecule has 2 aromatic rings. The van der Waals surface area contributed by atoms with Gasteiger partial charge < -0.3 is 5.32 Å². The topological polar surface area (TPSA) is 29.1 Å². The fourth-order valence-corrected chi connectivity index (χ4v) is 2.84. The Kier molecular flexibility index (Phi) is 4.55. The molecule has 1 amide bonds. The van der Waals surface area contributed by atoms with Gasteiger partial charge in [0.05, 0.1) is 0 Å². The summed E-state index contributed by atoms with van der Waals surface area (Å²) in [7, 11) is 0. The van der Waals surface area contributed by atoms with Gasteiger partial charge in [-0.05, 0) is 29.8 Å². The lowest BCUT2D eigenvalue weighted by Crippen LogP contribution is -2.23. The normalized spacial score (nSPS) is 10.1. The van der Waals surface area contributed by atoms with Crippen molar-refractivity contribution in [3.8, 4) is 0 Å². The summed E-state index contributed by atoms with van der Waals surface area (Å²) in [6.45, 7) is 0.482. The first-order valence-electron chi connectivity index (χ1n) is 5.44. The molecule has 0 aliphatic carbocycles. The lowest BCUT2D eigenvalue weighted by atomic mass is 10.2. The van der Waals surface area contributed by atoms with E-state index in [1.807, 2.05) is 36.4 Å². The SMILES string of the molecule is O=C(NCc1c(Br)cccc1Br)c1ccccc1. The first-order valence-corrected chi connectivity index (χ1v) is 7.03. The van der Waals surface area contributed by atoms with Crippen LogP contribution in [-0.2, 0) is 6.54 Å². The molecule has 2 aromatic carbocycles. The van der Waals surface area contributed by atoms with Gasteiger partial charge in [0.2, 0.25) is 0 Å². The predicted octanol–water partition coefficient (Wildman–Crippen LogP) is 4.14. The smallest absolute Gasteiger partial charge is 0.251 e. The molecule has 0 unspecified atom stereocenters. The predicted molar refractivity (Wildman–Crippen MR) is 79.5 cm³/mol. The van der Waals surface area contributed by atoms with Crippen LogP contribution in [-0.4, -0.2) is 5.91 Å². The van der Waals surface area contributed by atoms with E-state index < -0.39 is 0 Å². The average Bonchev–Trinajstić information content (AvgIpc) is 2.39. The molecule has 0 aliphatic heterocycles. The second kappa shape index (κ2) is 6.16. The molecule has 0 bridgehead atoms. The zero-order chi connectivity index (χ0) is 13.0. The van der Waals surface area contributed by atoms with E-state index in [0.717, 1.165) is 14.5 Å². The Morgan fingerprint density at radius 1 is 0.944 bits per heavy atom. The number of hydrogen-bond donors (Lipinski definition) is 1. The molecule has 0 heterocycles. The van der Waals surface area contributed by atoms with Gasteiger partial charge in [0, 0.05) is 21.1 Å². The molecule has 0 aromatic heterocycles. The maximum absolute atomic E-state index is 11.9. The standard InChI is InChI=1S/C14H11Br2NO/c15-12-7-4-8-13(16)11(12)9-17-14(18)10-5-2-1-3-6-10/h1-8H,9H2,(H,17,18). The molecule has 1 N–H and O–H groups in total. The lowest BCUT2D eigenvalue weighted by molar-refractivity contribution is 0.0951. The van der Waals surface area contributed by atoms with E-state index in [2.05, 4.69) is 37.2 Å². The Bertz CT molecular complexity index is 535. The third kappa shape index (κ3) is 3.21. The van der Waals surface area contributed by atoms with Gasteiger partial charge in [0.15, 0.2) is 0 Å². The first kappa shape index (κ1) is 13.3. The number of amides is 1. The van der Waals surface area contributed by atoms with Crippen molar-refractivity contribution >= 4 is 37.8 Å². The van der Waals surface area contributed by atoms with E-state index in [0.29, 0.717) is 12.1 Å². The van der Waals surface area contributed by atoms with Crippen LogP contribution in [0.5, 0.6) is 0 Å². The van der Waals surface area contributed by atoms with Crippen LogP contribution in [0.3, 0.4) is 0 Å². The minimum Gasteiger partial charge on any atom is -0.348 e. The van der Waals surface area contributed by atoms with E-state index >= 15 is 0 Å². The molecule has 0 atom stereocenters. The van der Waals surface area contributed by atoms with Gasteiger partial charge in [-0.2, -0.15) is 0 Å². The zero-order valence-electron chi connectivity index (χ0n) is 9.49. The van der Waals surface area contributed by atoms with Crippen molar-refractivity contribution in [3.05, 3.63) is 68.6 Å². The van der Waals surface area contributed by atoms with Gasteiger partial charge in [0.1, 0.15) is 0 Å². The quantitative estimate of drug-likeness (QED) is 0.866. The molecule has 92 valence electrons. The van der Waals surface area contributed by atoms with Crippen LogP contribution in [0, 0.1) is 0 Å². The minimum atomic E-state index is -0.0711. The van der Waals surface area contributed by atoms with Crippen LogP contribution in [0.2, 0.25) is 0 Å². The van der Waals surface area contributed by atoms with E-state index in [1.54, 1.807) is 12.1 Å². The molecule has 0 fully saturated rings. The summed E-state index contributed by atoms with van der Waals surface area (Å²) in [5.41, 5.74) is 1.70. The van der Waals surface area contributed by atoms with E-state index in [9.17, 15) is 4.79 Å². The largest absolute Gasteiger partial charge is 0.348 e. The first-order chi connectivity index (χ1) is 8.68. The molecule has 2 nitrogen and oxygen atoms in total. The van der Waals surface area contributed by atoms with Crippen molar-refractivity contribution in [1.29, 1.82) is 0 Å². The highest BCUT2D eigenvalue weighted by molar-refractivity contribution is 9.11. The summed E-state index contributed by atoms with van der Waals surface area (Å²) in [6, 6.07) is 15.0. The number of carbonyl (C=O) groups is 1. The van der Waals surface area contributed by atoms with Crippen LogP contribution in [0.1, 0.15) is 15.9 Å². The highest BCUT2D eigenvalue weighted by Gasteiger charge is 2.08. The van der Waals surface area contributed by atoms with Crippen LogP contribution in [0.4, 0.5) is 0 Å². The van der Waals surface area contributed by atoms with Gasteiger partial charge >= 0.3 is 0 Å². The van der Waals surface area contributed by atoms with Crippen molar-refractivity contribution in [2.45, 2.75) is 6.54 Å². The van der Waals surface area contributed by atoms with Gasteiger partial charge in [-0.1, -0.05) is 56.1 Å².